The third-order valence-corrected chi connectivity index (χ3v) is 9.22. The van der Waals surface area contributed by atoms with Gasteiger partial charge in [0.05, 0.1) is 25.5 Å². The van der Waals surface area contributed by atoms with Gasteiger partial charge >= 0.3 is 59.1 Å². The minimum atomic E-state index is -1.70. The molecule has 0 spiro atoms. The molecule has 1 aromatic heterocycles. The zero-order valence-electron chi connectivity index (χ0n) is 20.6. The average Bonchev–Trinajstić information content (AvgIpc) is 3.70. The van der Waals surface area contributed by atoms with Crippen LogP contribution >= 0.6 is 34.8 Å². The Bertz CT molecular complexity index is 1530. The van der Waals surface area contributed by atoms with E-state index in [0.29, 0.717) is 61.3 Å². The quantitative estimate of drug-likeness (QED) is 0.207. The molecule has 0 radical (unpaired) electrons. The third-order valence-electron chi connectivity index (χ3n) is 7.22. The summed E-state index contributed by atoms with van der Waals surface area (Å²) in [4.78, 5) is 0.540. The van der Waals surface area contributed by atoms with Crippen molar-refractivity contribution in [3.05, 3.63) is 98.7 Å². The van der Waals surface area contributed by atoms with E-state index >= 15 is 0 Å². The van der Waals surface area contributed by atoms with Gasteiger partial charge in [-0.3, -0.25) is 4.18 Å². The molecule has 0 aliphatic heterocycles. The molecule has 1 N–H and O–H groups in total. The fourth-order valence-corrected chi connectivity index (χ4v) is 6.67. The molecule has 0 amide bonds. The van der Waals surface area contributed by atoms with Crippen LogP contribution in [0, 0.1) is 0 Å². The first-order valence-electron chi connectivity index (χ1n) is 12.6. The molecule has 3 unspecified atom stereocenters. The van der Waals surface area contributed by atoms with Crippen LogP contribution in [0.4, 0.5) is 0 Å². The molecule has 206 valence electrons. The summed E-state index contributed by atoms with van der Waals surface area (Å²) in [6.07, 6.45) is 2.40. The Morgan fingerprint density at radius 3 is 2.27 bits per heavy atom. The number of aliphatic hydroxyl groups is 1. The van der Waals surface area contributed by atoms with Crippen molar-refractivity contribution in [1.82, 2.24) is 5.16 Å². The van der Waals surface area contributed by atoms with Gasteiger partial charge in [0.2, 0.25) is 0 Å². The molecule has 3 aromatic carbocycles. The number of rotatable bonds is 9. The molecule has 2 aliphatic rings. The molecule has 3 atom stereocenters. The first kappa shape index (κ1) is 33.5. The predicted octanol–water partition coefficient (Wildman–Crippen LogP) is 6.55. The maximum absolute atomic E-state index is 12.7. The minimum absolute atomic E-state index is 0. The van der Waals surface area contributed by atoms with E-state index in [0.717, 1.165) is 24.2 Å². The summed E-state index contributed by atoms with van der Waals surface area (Å²) in [6.45, 7) is 0.175. The monoisotopic (exact) mass is 651 g/mol. The van der Waals surface area contributed by atoms with Crippen molar-refractivity contribution in [3.63, 3.8) is 0 Å². The summed E-state index contributed by atoms with van der Waals surface area (Å²) in [5.41, 5.74) is 1.12. The Hall–Kier alpha value is -0.390. The summed E-state index contributed by atoms with van der Waals surface area (Å²) in [7, 11) is 0. The number of hydrogen-bond acceptors (Lipinski definition) is 6. The van der Waals surface area contributed by atoms with Gasteiger partial charge in [-0.05, 0) is 62.1 Å². The summed E-state index contributed by atoms with van der Waals surface area (Å²) in [5.74, 6) is 1.58. The SMILES string of the molecule is O=S(OC1CCC1(O)c1ccc(OCc2c(-c3c(Cl)cccc3Cl)noc2C2CC2)cc1Cl)c1ccccc1.[NaH].[NaH]. The van der Waals surface area contributed by atoms with Crippen LogP contribution in [-0.4, -0.2) is 79.7 Å². The second-order valence-corrected chi connectivity index (χ2v) is 12.1. The van der Waals surface area contributed by atoms with Crippen molar-refractivity contribution >= 4 is 105 Å². The first-order valence-corrected chi connectivity index (χ1v) is 14.8. The zero-order chi connectivity index (χ0) is 27.1. The number of nitrogens with zero attached hydrogens (tertiary/aromatic N) is 1. The standard InChI is InChI=1S/C29H24Cl3NO5S.2Na.2H/c30-22-7-4-8-23(31)26(22)27-20(28(37-33-27)17-9-10-17)16-36-18-11-12-21(24(32)15-18)29(34)14-13-25(29)38-39(35)19-5-2-1-3-6-19;;;;/h1-8,11-12,15,17,25,34H,9-10,13-14,16H2;;;;. The number of benzene rings is 3. The Balaban J connectivity index is 0.00000194. The summed E-state index contributed by atoms with van der Waals surface area (Å²) in [5, 5.41) is 17.0. The molecule has 0 saturated heterocycles. The van der Waals surface area contributed by atoms with E-state index < -0.39 is 22.8 Å². The summed E-state index contributed by atoms with van der Waals surface area (Å²) < 4.78 is 30.2. The molecular formula is C29H26Cl3NNa2O5S. The molecule has 12 heteroatoms. The van der Waals surface area contributed by atoms with Crippen LogP contribution < -0.4 is 4.74 Å². The van der Waals surface area contributed by atoms with Gasteiger partial charge in [0.1, 0.15) is 35.5 Å². The van der Waals surface area contributed by atoms with E-state index in [1.807, 2.05) is 6.07 Å². The van der Waals surface area contributed by atoms with Crippen molar-refractivity contribution in [2.75, 3.05) is 0 Å². The van der Waals surface area contributed by atoms with Crippen molar-refractivity contribution in [1.29, 1.82) is 0 Å². The number of ether oxygens (including phenoxy) is 1. The van der Waals surface area contributed by atoms with Gasteiger partial charge in [0.15, 0.2) is 11.1 Å². The zero-order valence-corrected chi connectivity index (χ0v) is 23.7. The van der Waals surface area contributed by atoms with Gasteiger partial charge in [-0.2, -0.15) is 0 Å². The van der Waals surface area contributed by atoms with Gasteiger partial charge in [-0.15, -0.1) is 0 Å². The molecule has 2 aliphatic carbocycles. The van der Waals surface area contributed by atoms with Crippen LogP contribution in [0.3, 0.4) is 0 Å². The number of aromatic nitrogens is 1. The predicted molar refractivity (Wildman–Crippen MR) is 165 cm³/mol. The maximum atomic E-state index is 12.7. The van der Waals surface area contributed by atoms with Crippen LogP contribution in [-0.2, 0) is 27.5 Å². The van der Waals surface area contributed by atoms with Gasteiger partial charge in [0, 0.05) is 17.0 Å². The van der Waals surface area contributed by atoms with E-state index in [9.17, 15) is 9.32 Å². The molecule has 2 fully saturated rings. The van der Waals surface area contributed by atoms with Crippen molar-refractivity contribution < 1.29 is 22.8 Å². The van der Waals surface area contributed by atoms with E-state index in [1.54, 1.807) is 60.7 Å². The average molecular weight is 653 g/mol. The Morgan fingerprint density at radius 1 is 0.951 bits per heavy atom. The second kappa shape index (κ2) is 14.1. The van der Waals surface area contributed by atoms with Crippen LogP contribution in [0.2, 0.25) is 15.1 Å². The van der Waals surface area contributed by atoms with Crippen LogP contribution in [0.25, 0.3) is 11.3 Å². The fourth-order valence-electron chi connectivity index (χ4n) is 4.80. The van der Waals surface area contributed by atoms with Gasteiger partial charge in [-0.1, -0.05) is 70.3 Å². The van der Waals surface area contributed by atoms with Crippen molar-refractivity contribution in [2.24, 2.45) is 0 Å². The van der Waals surface area contributed by atoms with Gasteiger partial charge in [0.25, 0.3) is 0 Å². The topological polar surface area (TPSA) is 81.8 Å². The summed E-state index contributed by atoms with van der Waals surface area (Å²) in [6, 6.07) is 19.3. The Morgan fingerprint density at radius 2 is 1.66 bits per heavy atom. The Labute approximate surface area is 300 Å². The van der Waals surface area contributed by atoms with Crippen LogP contribution in [0.1, 0.15) is 48.5 Å². The second-order valence-electron chi connectivity index (χ2n) is 9.77. The molecule has 1 heterocycles. The molecular weight excluding hydrogens is 627 g/mol. The molecule has 2 saturated carbocycles. The molecule has 41 heavy (non-hydrogen) atoms. The van der Waals surface area contributed by atoms with Crippen molar-refractivity contribution in [2.45, 2.75) is 54.8 Å². The Kier molecular flexibility index (Phi) is 11.6. The fraction of sp³-hybridized carbons (Fsp3) is 0.276. The van der Waals surface area contributed by atoms with Gasteiger partial charge < -0.3 is 14.4 Å². The molecule has 6 rings (SSSR count). The van der Waals surface area contributed by atoms with E-state index in [-0.39, 0.29) is 65.7 Å². The van der Waals surface area contributed by atoms with Crippen LogP contribution in [0.5, 0.6) is 5.75 Å². The molecule has 4 aromatic rings. The third kappa shape index (κ3) is 6.98. The summed E-state index contributed by atoms with van der Waals surface area (Å²) >= 11 is 17.8. The van der Waals surface area contributed by atoms with E-state index in [1.165, 1.54) is 0 Å². The number of hydrogen-bond donors (Lipinski definition) is 1. The normalized spacial score (nSPS) is 20.3. The van der Waals surface area contributed by atoms with Gasteiger partial charge in [-0.25, -0.2) is 4.21 Å². The van der Waals surface area contributed by atoms with E-state index in [2.05, 4.69) is 5.16 Å². The number of halogens is 3. The first-order chi connectivity index (χ1) is 18.8. The molecule has 6 nitrogen and oxygen atoms in total. The van der Waals surface area contributed by atoms with Crippen LogP contribution in [0.15, 0.2) is 76.1 Å². The van der Waals surface area contributed by atoms with Crippen molar-refractivity contribution in [3.8, 4) is 17.0 Å². The van der Waals surface area contributed by atoms with E-state index in [4.69, 9.17) is 48.2 Å². The molecule has 0 bridgehead atoms.